The Morgan fingerprint density at radius 3 is 2.59 bits per heavy atom. The number of nitrogens with two attached hydrogens (primary N) is 1. The van der Waals surface area contributed by atoms with Crippen molar-refractivity contribution in [3.63, 3.8) is 0 Å². The van der Waals surface area contributed by atoms with E-state index < -0.39 is 6.30 Å². The molecule has 0 unspecified atom stereocenters. The van der Waals surface area contributed by atoms with Gasteiger partial charge in [0.25, 0.3) is 0 Å². The average molecular weight is 444 g/mol. The molecule has 0 saturated carbocycles. The number of fused-ring (bicyclic) bond motifs is 1. The minimum Gasteiger partial charge on any atom is -0.493 e. The Morgan fingerprint density at radius 2 is 1.91 bits per heavy atom. The van der Waals surface area contributed by atoms with E-state index in [1.807, 2.05) is 0 Å². The summed E-state index contributed by atoms with van der Waals surface area (Å²) in [4.78, 5) is 8.05. The number of anilines is 2. The number of pyridine rings is 1. The number of hydrogen-bond acceptors (Lipinski definition) is 7. The molecule has 4 rings (SSSR count). The molecule has 0 saturated heterocycles. The van der Waals surface area contributed by atoms with Crippen LogP contribution in [0.2, 0.25) is 0 Å². The van der Waals surface area contributed by atoms with Gasteiger partial charge in [-0.05, 0) is 36.4 Å². The molecule has 3 aromatic heterocycles. The van der Waals surface area contributed by atoms with Gasteiger partial charge in [-0.1, -0.05) is 12.1 Å². The van der Waals surface area contributed by atoms with Crippen LogP contribution in [0.15, 0.2) is 60.9 Å². The molecule has 166 valence electrons. The number of hydrogen-bond donors (Lipinski definition) is 1. The molecule has 0 aliphatic heterocycles. The monoisotopic (exact) mass is 444 g/mol. The van der Waals surface area contributed by atoms with E-state index in [0.29, 0.717) is 22.8 Å². The van der Waals surface area contributed by atoms with E-state index in [9.17, 15) is 13.2 Å². The zero-order valence-corrected chi connectivity index (χ0v) is 17.0. The fourth-order valence-electron chi connectivity index (χ4n) is 3.21. The fraction of sp³-hybridized carbons (Fsp3) is 0.190. The van der Waals surface area contributed by atoms with Gasteiger partial charge < -0.3 is 15.2 Å². The summed E-state index contributed by atoms with van der Waals surface area (Å²) in [5.41, 5.74) is 6.70. The lowest BCUT2D eigenvalue weighted by Gasteiger charge is -2.24. The van der Waals surface area contributed by atoms with E-state index in [2.05, 4.69) is 15.1 Å². The van der Waals surface area contributed by atoms with Crippen molar-refractivity contribution in [2.75, 3.05) is 25.2 Å². The highest BCUT2D eigenvalue weighted by molar-refractivity contribution is 5.72. The van der Waals surface area contributed by atoms with E-state index in [4.69, 9.17) is 15.2 Å². The Hall–Kier alpha value is -3.86. The van der Waals surface area contributed by atoms with Crippen molar-refractivity contribution in [1.29, 1.82) is 0 Å². The predicted octanol–water partition coefficient (Wildman–Crippen LogP) is 3.80. The first-order valence-electron chi connectivity index (χ1n) is 9.57. The summed E-state index contributed by atoms with van der Waals surface area (Å²) >= 11 is 0. The highest BCUT2D eigenvalue weighted by Crippen LogP contribution is 2.39. The van der Waals surface area contributed by atoms with Crippen LogP contribution in [-0.4, -0.2) is 46.1 Å². The van der Waals surface area contributed by atoms with Gasteiger partial charge >= 0.3 is 6.30 Å². The predicted molar refractivity (Wildman–Crippen MR) is 112 cm³/mol. The summed E-state index contributed by atoms with van der Waals surface area (Å²) < 4.78 is 54.2. The lowest BCUT2D eigenvalue weighted by Crippen LogP contribution is -2.35. The van der Waals surface area contributed by atoms with Gasteiger partial charge in [0, 0.05) is 18.3 Å². The molecular formula is C21H19F3N6O2. The molecule has 0 radical (unpaired) electrons. The third-order valence-electron chi connectivity index (χ3n) is 4.54. The largest absolute Gasteiger partial charge is 0.493 e. The van der Waals surface area contributed by atoms with Crippen LogP contribution in [0.5, 0.6) is 11.5 Å². The van der Waals surface area contributed by atoms with Crippen molar-refractivity contribution in [2.24, 2.45) is 5.73 Å². The van der Waals surface area contributed by atoms with Gasteiger partial charge in [-0.3, -0.25) is 0 Å². The van der Waals surface area contributed by atoms with Crippen molar-refractivity contribution < 1.29 is 22.6 Å². The zero-order chi connectivity index (χ0) is 22.7. The third-order valence-corrected chi connectivity index (χ3v) is 4.54. The van der Waals surface area contributed by atoms with Crippen LogP contribution in [-0.2, 0) is 0 Å². The number of para-hydroxylation sites is 1. The first-order valence-corrected chi connectivity index (χ1v) is 9.57. The van der Waals surface area contributed by atoms with Crippen LogP contribution < -0.4 is 20.1 Å². The second-order valence-electron chi connectivity index (χ2n) is 6.57. The molecule has 0 spiro atoms. The summed E-state index contributed by atoms with van der Waals surface area (Å²) in [6.45, 7) is 0.508. The highest BCUT2D eigenvalue weighted by atomic mass is 19.4. The van der Waals surface area contributed by atoms with E-state index in [1.54, 1.807) is 30.3 Å². The van der Waals surface area contributed by atoms with E-state index in [-0.39, 0.29) is 35.3 Å². The lowest BCUT2D eigenvalue weighted by molar-refractivity contribution is -0.121. The molecule has 0 aliphatic carbocycles. The number of methoxy groups -OCH3 is 1. The van der Waals surface area contributed by atoms with Crippen molar-refractivity contribution in [2.45, 2.75) is 6.30 Å². The molecular weight excluding hydrogens is 425 g/mol. The molecule has 1 aromatic carbocycles. The molecule has 0 bridgehead atoms. The molecule has 0 amide bonds. The number of benzene rings is 1. The summed E-state index contributed by atoms with van der Waals surface area (Å²) in [5, 5.41) is 4.43. The van der Waals surface area contributed by atoms with Crippen LogP contribution in [0.25, 0.3) is 16.9 Å². The van der Waals surface area contributed by atoms with Gasteiger partial charge in [-0.15, -0.1) is 13.2 Å². The molecule has 0 atom stereocenters. The van der Waals surface area contributed by atoms with Gasteiger partial charge in [0.2, 0.25) is 0 Å². The number of aromatic nitrogens is 4. The maximum Gasteiger partial charge on any atom is 0.491 e. The highest BCUT2D eigenvalue weighted by Gasteiger charge is 2.41. The van der Waals surface area contributed by atoms with Crippen molar-refractivity contribution in [1.82, 2.24) is 19.6 Å². The summed E-state index contributed by atoms with van der Waals surface area (Å²) in [7, 11) is 1.49. The Labute approximate surface area is 181 Å². The number of rotatable bonds is 7. The normalized spacial score (nSPS) is 11.5. The standard InChI is InChI=1S/C21H19F3N6O2/c1-31-16-6-4-5-14(20(16)32-12-10-25)15-8-9-18-27-13-19(30(18)28-15)29(21(22,23)24)17-7-2-3-11-26-17/h2-9,11,13H,10,12,25H2,1H3. The van der Waals surface area contributed by atoms with Crippen LogP contribution in [0.1, 0.15) is 0 Å². The van der Waals surface area contributed by atoms with E-state index in [1.165, 1.54) is 31.5 Å². The smallest absolute Gasteiger partial charge is 0.491 e. The Bertz CT molecular complexity index is 1210. The van der Waals surface area contributed by atoms with Crippen molar-refractivity contribution in [3.05, 3.63) is 60.9 Å². The zero-order valence-electron chi connectivity index (χ0n) is 17.0. The SMILES string of the molecule is COc1cccc(-c2ccc3ncc(N(c4ccccn4)C(F)(F)F)n3n2)c1OCCN. The molecule has 32 heavy (non-hydrogen) atoms. The number of ether oxygens (including phenoxy) is 2. The van der Waals surface area contributed by atoms with Gasteiger partial charge in [-0.25, -0.2) is 14.9 Å². The maximum absolute atomic E-state index is 14.0. The average Bonchev–Trinajstić information content (AvgIpc) is 3.20. The topological polar surface area (TPSA) is 90.8 Å². The van der Waals surface area contributed by atoms with Gasteiger partial charge in [0.1, 0.15) is 12.4 Å². The van der Waals surface area contributed by atoms with Crippen LogP contribution >= 0.6 is 0 Å². The minimum atomic E-state index is -4.76. The van der Waals surface area contributed by atoms with E-state index in [0.717, 1.165) is 10.7 Å². The van der Waals surface area contributed by atoms with Crippen LogP contribution in [0, 0.1) is 0 Å². The van der Waals surface area contributed by atoms with Crippen LogP contribution in [0.3, 0.4) is 0 Å². The number of alkyl halides is 3. The summed E-state index contributed by atoms with van der Waals surface area (Å²) in [5.74, 6) is 0.239. The molecule has 0 aliphatic rings. The second-order valence-corrected chi connectivity index (χ2v) is 6.57. The van der Waals surface area contributed by atoms with Gasteiger partial charge in [0.05, 0.1) is 19.0 Å². The van der Waals surface area contributed by atoms with Gasteiger partial charge in [-0.2, -0.15) is 9.61 Å². The van der Waals surface area contributed by atoms with Crippen molar-refractivity contribution >= 4 is 17.3 Å². The molecule has 3 heterocycles. The second kappa shape index (κ2) is 8.71. The number of imidazole rings is 1. The quantitative estimate of drug-likeness (QED) is 0.434. The number of halogens is 3. The van der Waals surface area contributed by atoms with E-state index >= 15 is 0 Å². The molecule has 11 heteroatoms. The third kappa shape index (κ3) is 4.02. The Morgan fingerprint density at radius 1 is 1.06 bits per heavy atom. The van der Waals surface area contributed by atoms with Crippen LogP contribution in [0.4, 0.5) is 24.8 Å². The Kier molecular flexibility index (Phi) is 5.82. The minimum absolute atomic E-state index is 0.126. The van der Waals surface area contributed by atoms with Gasteiger partial charge in [0.15, 0.2) is 23.0 Å². The number of nitrogens with zero attached hydrogens (tertiary/aromatic N) is 5. The first-order chi connectivity index (χ1) is 15.4. The molecule has 0 fully saturated rings. The fourth-order valence-corrected chi connectivity index (χ4v) is 3.21. The molecule has 4 aromatic rings. The molecule has 8 nitrogen and oxygen atoms in total. The summed E-state index contributed by atoms with van der Waals surface area (Å²) in [6, 6.07) is 12.7. The van der Waals surface area contributed by atoms with Crippen molar-refractivity contribution in [3.8, 4) is 22.8 Å². The lowest BCUT2D eigenvalue weighted by atomic mass is 10.1. The first kappa shape index (κ1) is 21.4. The summed E-state index contributed by atoms with van der Waals surface area (Å²) in [6.07, 6.45) is -2.37. The Balaban J connectivity index is 1.88. The molecule has 2 N–H and O–H groups in total. The maximum atomic E-state index is 14.0.